The summed E-state index contributed by atoms with van der Waals surface area (Å²) in [5.41, 5.74) is 5.72. The van der Waals surface area contributed by atoms with E-state index >= 15 is 0 Å². The summed E-state index contributed by atoms with van der Waals surface area (Å²) in [5.74, 6) is -0.0329. The molecule has 0 spiro atoms. The van der Waals surface area contributed by atoms with Gasteiger partial charge >= 0.3 is 0 Å². The van der Waals surface area contributed by atoms with Gasteiger partial charge in [0.25, 0.3) is 0 Å². The van der Waals surface area contributed by atoms with Gasteiger partial charge < -0.3 is 16.0 Å². The Bertz CT molecular complexity index is 251. The highest BCUT2D eigenvalue weighted by atomic mass is 35.5. The molecule has 0 saturated carbocycles. The maximum atomic E-state index is 11.8. The molecule has 1 atom stereocenters. The number of carbonyl (C=O) groups is 1. The molecule has 1 saturated heterocycles. The van der Waals surface area contributed by atoms with Crippen molar-refractivity contribution in [2.75, 3.05) is 26.2 Å². The average molecular weight is 314 g/mol. The summed E-state index contributed by atoms with van der Waals surface area (Å²) in [6.07, 6.45) is 3.92. The zero-order valence-electron chi connectivity index (χ0n) is 12.3. The molecule has 0 unspecified atom stereocenters. The summed E-state index contributed by atoms with van der Waals surface area (Å²) in [6, 6.07) is -0.427. The highest BCUT2D eigenvalue weighted by Crippen LogP contribution is 2.17. The van der Waals surface area contributed by atoms with E-state index in [9.17, 15) is 4.79 Å². The third-order valence-corrected chi connectivity index (χ3v) is 3.39. The molecule has 3 N–H and O–H groups in total. The van der Waals surface area contributed by atoms with E-state index in [0.717, 1.165) is 6.54 Å². The first-order chi connectivity index (χ1) is 7.91. The fourth-order valence-corrected chi connectivity index (χ4v) is 2.02. The van der Waals surface area contributed by atoms with E-state index in [1.807, 2.05) is 20.8 Å². The minimum atomic E-state index is -0.427. The number of halogens is 2. The first kappa shape index (κ1) is 21.3. The standard InChI is InChI=1S/C13H27N3O.2ClH/c1-13(2,3)11(14)12(17)15-7-10-16-8-5-4-6-9-16;;/h11H,4-10,14H2,1-3H3,(H,15,17);2*1H/t11-;;/m1../s1. The summed E-state index contributed by atoms with van der Waals surface area (Å²) >= 11 is 0. The largest absolute Gasteiger partial charge is 0.353 e. The van der Waals surface area contributed by atoms with E-state index in [2.05, 4.69) is 10.2 Å². The van der Waals surface area contributed by atoms with E-state index in [0.29, 0.717) is 6.54 Å². The fraction of sp³-hybridized carbons (Fsp3) is 0.923. The Morgan fingerprint density at radius 3 is 2.21 bits per heavy atom. The van der Waals surface area contributed by atoms with Crippen molar-refractivity contribution in [3.05, 3.63) is 0 Å². The van der Waals surface area contributed by atoms with Gasteiger partial charge in [0.05, 0.1) is 6.04 Å². The first-order valence-corrected chi connectivity index (χ1v) is 6.67. The van der Waals surface area contributed by atoms with E-state index < -0.39 is 6.04 Å². The van der Waals surface area contributed by atoms with Crippen LogP contribution in [0.4, 0.5) is 0 Å². The number of hydrogen-bond acceptors (Lipinski definition) is 3. The zero-order chi connectivity index (χ0) is 12.9. The molecule has 0 aromatic heterocycles. The second-order valence-corrected chi connectivity index (χ2v) is 6.04. The van der Waals surface area contributed by atoms with Crippen molar-refractivity contribution in [3.63, 3.8) is 0 Å². The quantitative estimate of drug-likeness (QED) is 0.832. The van der Waals surface area contributed by atoms with Gasteiger partial charge in [-0.1, -0.05) is 27.2 Å². The molecule has 0 radical (unpaired) electrons. The van der Waals surface area contributed by atoms with Crippen LogP contribution < -0.4 is 11.1 Å². The summed E-state index contributed by atoms with van der Waals surface area (Å²) in [5, 5.41) is 2.93. The van der Waals surface area contributed by atoms with Crippen molar-refractivity contribution >= 4 is 30.7 Å². The highest BCUT2D eigenvalue weighted by Gasteiger charge is 2.27. The van der Waals surface area contributed by atoms with Gasteiger partial charge in [0.15, 0.2) is 0 Å². The number of hydrogen-bond donors (Lipinski definition) is 2. The van der Waals surface area contributed by atoms with E-state index in [-0.39, 0.29) is 36.1 Å². The molecule has 0 aliphatic carbocycles. The van der Waals surface area contributed by atoms with Crippen LogP contribution in [-0.2, 0) is 4.79 Å². The van der Waals surface area contributed by atoms with Gasteiger partial charge in [-0.25, -0.2) is 0 Å². The average Bonchev–Trinajstić information content (AvgIpc) is 2.28. The molecule has 1 aliphatic rings. The van der Waals surface area contributed by atoms with Gasteiger partial charge in [-0.3, -0.25) is 4.79 Å². The lowest BCUT2D eigenvalue weighted by molar-refractivity contribution is -0.124. The van der Waals surface area contributed by atoms with Crippen molar-refractivity contribution in [1.29, 1.82) is 0 Å². The molecule has 1 aliphatic heterocycles. The van der Waals surface area contributed by atoms with Crippen molar-refractivity contribution in [3.8, 4) is 0 Å². The fourth-order valence-electron chi connectivity index (χ4n) is 2.02. The third kappa shape index (κ3) is 7.98. The zero-order valence-corrected chi connectivity index (χ0v) is 13.9. The Morgan fingerprint density at radius 1 is 1.21 bits per heavy atom. The van der Waals surface area contributed by atoms with Gasteiger partial charge in [-0.2, -0.15) is 0 Å². The summed E-state index contributed by atoms with van der Waals surface area (Å²) in [7, 11) is 0. The van der Waals surface area contributed by atoms with Gasteiger partial charge in [-0.15, -0.1) is 24.8 Å². The first-order valence-electron chi connectivity index (χ1n) is 6.67. The number of nitrogens with two attached hydrogens (primary N) is 1. The van der Waals surface area contributed by atoms with Gasteiger partial charge in [0.1, 0.15) is 0 Å². The van der Waals surface area contributed by atoms with Crippen molar-refractivity contribution in [2.24, 2.45) is 11.1 Å². The lowest BCUT2D eigenvalue weighted by Crippen LogP contribution is -2.50. The highest BCUT2D eigenvalue weighted by molar-refractivity contribution is 5.85. The minimum absolute atomic E-state index is 0. The summed E-state index contributed by atoms with van der Waals surface area (Å²) < 4.78 is 0. The number of likely N-dealkylation sites (tertiary alicyclic amines) is 1. The number of piperidine rings is 1. The van der Waals surface area contributed by atoms with E-state index in [1.54, 1.807) is 0 Å². The van der Waals surface area contributed by atoms with Crippen LogP contribution in [-0.4, -0.2) is 43.0 Å². The lowest BCUT2D eigenvalue weighted by atomic mass is 9.87. The molecule has 1 heterocycles. The van der Waals surface area contributed by atoms with Gasteiger partial charge in [-0.05, 0) is 31.3 Å². The van der Waals surface area contributed by atoms with Crippen molar-refractivity contribution in [2.45, 2.75) is 46.1 Å². The molecule has 0 aromatic carbocycles. The second kappa shape index (κ2) is 9.81. The van der Waals surface area contributed by atoms with Crippen LogP contribution in [0.2, 0.25) is 0 Å². The number of rotatable bonds is 4. The van der Waals surface area contributed by atoms with Crippen molar-refractivity contribution in [1.82, 2.24) is 10.2 Å². The van der Waals surface area contributed by atoms with E-state index in [4.69, 9.17) is 5.73 Å². The molecule has 1 rings (SSSR count). The maximum absolute atomic E-state index is 11.8. The van der Waals surface area contributed by atoms with Crippen LogP contribution in [0.5, 0.6) is 0 Å². The Balaban J connectivity index is 0. The molecule has 1 fully saturated rings. The maximum Gasteiger partial charge on any atom is 0.237 e. The number of nitrogens with one attached hydrogen (secondary N) is 1. The molecular weight excluding hydrogens is 285 g/mol. The summed E-state index contributed by atoms with van der Waals surface area (Å²) in [4.78, 5) is 14.2. The number of amides is 1. The second-order valence-electron chi connectivity index (χ2n) is 6.04. The number of carbonyl (C=O) groups excluding carboxylic acids is 1. The molecule has 6 heteroatoms. The van der Waals surface area contributed by atoms with Crippen LogP contribution in [0.1, 0.15) is 40.0 Å². The molecule has 116 valence electrons. The Hall–Kier alpha value is -0.0300. The van der Waals surface area contributed by atoms with E-state index in [1.165, 1.54) is 32.4 Å². The molecule has 1 amide bonds. The molecule has 4 nitrogen and oxygen atoms in total. The number of nitrogens with zero attached hydrogens (tertiary/aromatic N) is 1. The lowest BCUT2D eigenvalue weighted by Gasteiger charge is -2.28. The SMILES string of the molecule is CC(C)(C)[C@H](N)C(=O)NCCN1CCCCC1.Cl.Cl. The van der Waals surface area contributed by atoms with Gasteiger partial charge in [0.2, 0.25) is 5.91 Å². The smallest absolute Gasteiger partial charge is 0.237 e. The molecule has 19 heavy (non-hydrogen) atoms. The Morgan fingerprint density at radius 2 is 1.74 bits per heavy atom. The Labute approximate surface area is 129 Å². The molecule has 0 bridgehead atoms. The minimum Gasteiger partial charge on any atom is -0.353 e. The molecule has 0 aromatic rings. The van der Waals surface area contributed by atoms with Crippen LogP contribution in [0.15, 0.2) is 0 Å². The predicted octanol–water partition coefficient (Wildman–Crippen LogP) is 1.81. The Kier molecular flexibility index (Phi) is 11.0. The van der Waals surface area contributed by atoms with Crippen molar-refractivity contribution < 1.29 is 4.79 Å². The van der Waals surface area contributed by atoms with Crippen LogP contribution in [0.25, 0.3) is 0 Å². The van der Waals surface area contributed by atoms with Gasteiger partial charge in [0, 0.05) is 13.1 Å². The summed E-state index contributed by atoms with van der Waals surface area (Å²) in [6.45, 7) is 9.96. The topological polar surface area (TPSA) is 58.4 Å². The van der Waals surface area contributed by atoms with Crippen LogP contribution in [0.3, 0.4) is 0 Å². The van der Waals surface area contributed by atoms with Crippen LogP contribution >= 0.6 is 24.8 Å². The van der Waals surface area contributed by atoms with Crippen LogP contribution in [0, 0.1) is 5.41 Å². The monoisotopic (exact) mass is 313 g/mol. The normalized spacial score (nSPS) is 17.9. The predicted molar refractivity (Wildman–Crippen MR) is 85.2 cm³/mol. The molecular formula is C13H29Cl2N3O. The third-order valence-electron chi connectivity index (χ3n) is 3.39.